The smallest absolute Gasteiger partial charge is 0.420 e. The molecule has 0 saturated heterocycles. The Morgan fingerprint density at radius 2 is 1.85 bits per heavy atom. The van der Waals surface area contributed by atoms with Crippen molar-refractivity contribution >= 4 is 5.97 Å². The third-order valence-electron chi connectivity index (χ3n) is 3.79. The molecule has 1 unspecified atom stereocenters. The number of pyridine rings is 1. The number of halogens is 3. The molecule has 2 aromatic rings. The van der Waals surface area contributed by atoms with Crippen LogP contribution in [0.4, 0.5) is 13.2 Å². The number of aliphatic hydroxyl groups is 1. The van der Waals surface area contributed by atoms with Crippen LogP contribution >= 0.6 is 0 Å². The molecule has 2 rings (SSSR count). The maximum atomic E-state index is 13.6. The lowest BCUT2D eigenvalue weighted by Crippen LogP contribution is -2.24. The van der Waals surface area contributed by atoms with Crippen LogP contribution in [0.3, 0.4) is 0 Å². The number of aliphatic hydroxyl groups excluding tert-OH is 1. The summed E-state index contributed by atoms with van der Waals surface area (Å²) in [5.74, 6) is -2.12. The first kappa shape index (κ1) is 20.7. The fourth-order valence-electron chi connectivity index (χ4n) is 2.52. The number of rotatable bonds is 4. The number of nitrogens with zero attached hydrogens (tertiary/aromatic N) is 3. The number of alkyl halides is 3. The van der Waals surface area contributed by atoms with Gasteiger partial charge in [-0.3, -0.25) is 4.98 Å². The van der Waals surface area contributed by atoms with Crippen molar-refractivity contribution < 1.29 is 32.9 Å². The van der Waals surface area contributed by atoms with E-state index in [-0.39, 0.29) is 17.1 Å². The van der Waals surface area contributed by atoms with Crippen LogP contribution in [0.25, 0.3) is 0 Å². The molecule has 2 N–H and O–H groups in total. The van der Waals surface area contributed by atoms with Crippen molar-refractivity contribution in [3.8, 4) is 11.6 Å². The number of aromatic nitrogens is 3. The van der Waals surface area contributed by atoms with Gasteiger partial charge in [-0.1, -0.05) is 0 Å². The van der Waals surface area contributed by atoms with Gasteiger partial charge in [0.25, 0.3) is 0 Å². The van der Waals surface area contributed by atoms with Gasteiger partial charge in [0.1, 0.15) is 5.56 Å². The molecule has 0 amide bonds. The molecule has 0 spiro atoms. The number of aromatic carboxylic acids is 1. The van der Waals surface area contributed by atoms with Gasteiger partial charge in [-0.25, -0.2) is 9.48 Å². The molecule has 2 aromatic heterocycles. The van der Waals surface area contributed by atoms with Crippen LogP contribution in [0.15, 0.2) is 12.4 Å². The quantitative estimate of drug-likeness (QED) is 0.826. The lowest BCUT2D eigenvalue weighted by molar-refractivity contribution is -0.140. The Labute approximate surface area is 153 Å². The average Bonchev–Trinajstić information content (AvgIpc) is 2.83. The van der Waals surface area contributed by atoms with Gasteiger partial charge in [0.15, 0.2) is 11.4 Å². The van der Waals surface area contributed by atoms with Crippen LogP contribution in [0.5, 0.6) is 11.6 Å². The summed E-state index contributed by atoms with van der Waals surface area (Å²) in [6.45, 7) is 7.68. The summed E-state index contributed by atoms with van der Waals surface area (Å²) in [6, 6.07) is 0. The fraction of sp³-hybridized carbons (Fsp3) is 0.471. The van der Waals surface area contributed by atoms with Crippen LogP contribution in [-0.4, -0.2) is 30.9 Å². The van der Waals surface area contributed by atoms with Crippen molar-refractivity contribution in [2.24, 2.45) is 0 Å². The molecule has 0 fully saturated rings. The molecule has 0 bridgehead atoms. The predicted octanol–water partition coefficient (Wildman–Crippen LogP) is 3.90. The molecule has 1 atom stereocenters. The monoisotopic (exact) mass is 387 g/mol. The van der Waals surface area contributed by atoms with Crippen molar-refractivity contribution in [3.05, 3.63) is 34.8 Å². The van der Waals surface area contributed by atoms with E-state index in [0.29, 0.717) is 0 Å². The summed E-state index contributed by atoms with van der Waals surface area (Å²) in [4.78, 5) is 15.1. The summed E-state index contributed by atoms with van der Waals surface area (Å²) < 4.78 is 47.5. The Bertz CT molecular complexity index is 868. The van der Waals surface area contributed by atoms with E-state index in [9.17, 15) is 28.2 Å². The average molecular weight is 387 g/mol. The van der Waals surface area contributed by atoms with Crippen molar-refractivity contribution in [2.45, 2.75) is 52.4 Å². The first-order valence-electron chi connectivity index (χ1n) is 7.99. The van der Waals surface area contributed by atoms with Crippen molar-refractivity contribution in [3.63, 3.8) is 0 Å². The maximum absolute atomic E-state index is 13.6. The summed E-state index contributed by atoms with van der Waals surface area (Å²) in [6.07, 6.45) is -4.47. The third kappa shape index (κ3) is 4.05. The molecular weight excluding hydrogens is 367 g/mol. The molecule has 148 valence electrons. The largest absolute Gasteiger partial charge is 0.476 e. The minimum Gasteiger partial charge on any atom is -0.476 e. The van der Waals surface area contributed by atoms with Gasteiger partial charge >= 0.3 is 12.1 Å². The van der Waals surface area contributed by atoms with Gasteiger partial charge in [0.05, 0.1) is 17.8 Å². The van der Waals surface area contributed by atoms with Crippen molar-refractivity contribution in [1.29, 1.82) is 0 Å². The van der Waals surface area contributed by atoms with E-state index in [1.807, 2.05) is 0 Å². The molecular formula is C17H20F3N3O4. The standard InChI is InChI=1S/C17H20F3N3O4/c1-8-13(15(25)26)22-23(16(3,4)5)14(8)27-11-7-21-6-10(9(2)24)12(11)17(18,19)20/h6-7,9,24H,1-5H3,(H,25,26). The van der Waals surface area contributed by atoms with Gasteiger partial charge in [0, 0.05) is 17.3 Å². The van der Waals surface area contributed by atoms with E-state index in [4.69, 9.17) is 4.74 Å². The highest BCUT2D eigenvalue weighted by Gasteiger charge is 2.39. The molecule has 27 heavy (non-hydrogen) atoms. The number of ether oxygens (including phenoxy) is 1. The minimum atomic E-state index is -4.82. The van der Waals surface area contributed by atoms with E-state index in [1.165, 1.54) is 18.5 Å². The lowest BCUT2D eigenvalue weighted by Gasteiger charge is -2.24. The lowest BCUT2D eigenvalue weighted by atomic mass is 10.0. The van der Waals surface area contributed by atoms with Crippen molar-refractivity contribution in [2.75, 3.05) is 0 Å². The van der Waals surface area contributed by atoms with Crippen LogP contribution < -0.4 is 4.74 Å². The van der Waals surface area contributed by atoms with Crippen LogP contribution in [0.1, 0.15) is 61.0 Å². The molecule has 0 aliphatic rings. The highest BCUT2D eigenvalue weighted by Crippen LogP contribution is 2.43. The topological polar surface area (TPSA) is 97.5 Å². The molecule has 0 saturated carbocycles. The van der Waals surface area contributed by atoms with Gasteiger partial charge < -0.3 is 14.9 Å². The first-order chi connectivity index (χ1) is 12.2. The molecule has 0 radical (unpaired) electrons. The zero-order valence-corrected chi connectivity index (χ0v) is 15.4. The van der Waals surface area contributed by atoms with Gasteiger partial charge in [-0.15, -0.1) is 0 Å². The Hall–Kier alpha value is -2.62. The normalized spacial score (nSPS) is 13.5. The minimum absolute atomic E-state index is 0.0769. The third-order valence-corrected chi connectivity index (χ3v) is 3.79. The summed E-state index contributed by atoms with van der Waals surface area (Å²) in [5.41, 5.74) is -2.63. The molecule has 7 nitrogen and oxygen atoms in total. The van der Waals surface area contributed by atoms with Crippen LogP contribution in [-0.2, 0) is 11.7 Å². The van der Waals surface area contributed by atoms with Crippen LogP contribution in [0, 0.1) is 6.92 Å². The Kier molecular flexibility index (Phi) is 5.24. The van der Waals surface area contributed by atoms with E-state index in [1.54, 1.807) is 20.8 Å². The molecule has 2 heterocycles. The highest BCUT2D eigenvalue weighted by molar-refractivity contribution is 5.87. The van der Waals surface area contributed by atoms with E-state index < -0.39 is 40.7 Å². The second-order valence-electron chi connectivity index (χ2n) is 7.04. The molecule has 0 aromatic carbocycles. The highest BCUT2D eigenvalue weighted by atomic mass is 19.4. The number of hydrogen-bond donors (Lipinski definition) is 2. The van der Waals surface area contributed by atoms with Gasteiger partial charge in [-0.05, 0) is 34.6 Å². The fourth-order valence-corrected chi connectivity index (χ4v) is 2.52. The van der Waals surface area contributed by atoms with Crippen LogP contribution in [0.2, 0.25) is 0 Å². The van der Waals surface area contributed by atoms with E-state index in [2.05, 4.69) is 10.1 Å². The number of carboxylic acids is 1. The Morgan fingerprint density at radius 1 is 1.26 bits per heavy atom. The number of carboxylic acid groups (broad SMARTS) is 1. The van der Waals surface area contributed by atoms with Gasteiger partial charge in [0.2, 0.25) is 5.88 Å². The molecule has 0 aliphatic heterocycles. The second kappa shape index (κ2) is 6.84. The Morgan fingerprint density at radius 3 is 2.30 bits per heavy atom. The zero-order valence-electron chi connectivity index (χ0n) is 15.4. The zero-order chi connectivity index (χ0) is 20.7. The second-order valence-corrected chi connectivity index (χ2v) is 7.04. The SMILES string of the molecule is Cc1c(C(=O)O)nn(C(C)(C)C)c1Oc1cncc(C(C)O)c1C(F)(F)F. The predicted molar refractivity (Wildman–Crippen MR) is 88.9 cm³/mol. The first-order valence-corrected chi connectivity index (χ1v) is 7.99. The molecule has 0 aliphatic carbocycles. The van der Waals surface area contributed by atoms with E-state index >= 15 is 0 Å². The number of hydrogen-bond acceptors (Lipinski definition) is 5. The van der Waals surface area contributed by atoms with Crippen molar-refractivity contribution in [1.82, 2.24) is 14.8 Å². The number of carbonyl (C=O) groups is 1. The molecule has 10 heteroatoms. The summed E-state index contributed by atoms with van der Waals surface area (Å²) in [5, 5.41) is 22.9. The summed E-state index contributed by atoms with van der Waals surface area (Å²) in [7, 11) is 0. The van der Waals surface area contributed by atoms with E-state index in [0.717, 1.165) is 12.4 Å². The summed E-state index contributed by atoms with van der Waals surface area (Å²) >= 11 is 0. The maximum Gasteiger partial charge on any atom is 0.420 e. The Balaban J connectivity index is 2.72. The van der Waals surface area contributed by atoms with Gasteiger partial charge in [-0.2, -0.15) is 18.3 Å².